The van der Waals surface area contributed by atoms with Crippen LogP contribution >= 0.6 is 15.9 Å². The van der Waals surface area contributed by atoms with Crippen molar-refractivity contribution >= 4 is 21.8 Å². The lowest BCUT2D eigenvalue weighted by atomic mass is 9.64. The van der Waals surface area contributed by atoms with E-state index >= 15 is 0 Å². The molecule has 20 heavy (non-hydrogen) atoms. The number of hydrogen-bond acceptors (Lipinski definition) is 2. The summed E-state index contributed by atoms with van der Waals surface area (Å²) < 4.78 is 5.17. The average molecular weight is 346 g/mol. The molecule has 0 heterocycles. The highest BCUT2D eigenvalue weighted by Gasteiger charge is 2.39. The van der Waals surface area contributed by atoms with E-state index in [0.717, 1.165) is 12.8 Å². The van der Waals surface area contributed by atoms with Gasteiger partial charge in [0.05, 0.1) is 11.9 Å². The van der Waals surface area contributed by atoms with Gasteiger partial charge in [0.25, 0.3) is 0 Å². The number of methoxy groups -OCH3 is 1. The first-order valence-electron chi connectivity index (χ1n) is 7.20. The second kappa shape index (κ2) is 6.61. The minimum absolute atomic E-state index is 0.116. The van der Waals surface area contributed by atoms with Gasteiger partial charge in [-0.1, -0.05) is 43.6 Å². The third kappa shape index (κ3) is 4.08. The number of carbonyl (C=O) groups is 1. The van der Waals surface area contributed by atoms with Gasteiger partial charge in [0.1, 0.15) is 0 Å². The highest BCUT2D eigenvalue weighted by molar-refractivity contribution is 9.09. The molecule has 0 N–H and O–H groups in total. The van der Waals surface area contributed by atoms with E-state index in [9.17, 15) is 4.79 Å². The van der Waals surface area contributed by atoms with Crippen LogP contribution in [0.5, 0.6) is 0 Å². The Kier molecular flexibility index (Phi) is 5.85. The summed E-state index contributed by atoms with van der Waals surface area (Å²) >= 11 is 3.30. The first-order valence-corrected chi connectivity index (χ1v) is 8.32. The zero-order valence-electron chi connectivity index (χ0n) is 13.7. The molecule has 0 aliphatic heterocycles. The van der Waals surface area contributed by atoms with Gasteiger partial charge in [-0.2, -0.15) is 0 Å². The number of alkyl halides is 1. The molecular weight excluding hydrogens is 318 g/mol. The van der Waals surface area contributed by atoms with Gasteiger partial charge in [0.15, 0.2) is 0 Å². The van der Waals surface area contributed by atoms with E-state index in [4.69, 9.17) is 4.74 Å². The molecule has 0 spiro atoms. The zero-order chi connectivity index (χ0) is 15.6. The molecule has 0 aromatic rings. The fourth-order valence-electron chi connectivity index (χ4n) is 3.33. The summed E-state index contributed by atoms with van der Waals surface area (Å²) in [6.45, 7) is 12.5. The molecule has 1 aliphatic rings. The van der Waals surface area contributed by atoms with Crippen LogP contribution in [0.15, 0.2) is 11.3 Å². The van der Waals surface area contributed by atoms with Gasteiger partial charge in [-0.25, -0.2) is 0 Å². The second-order valence-electron chi connectivity index (χ2n) is 7.15. The van der Waals surface area contributed by atoms with Crippen LogP contribution in [0.2, 0.25) is 0 Å². The smallest absolute Gasteiger partial charge is 0.237 e. The van der Waals surface area contributed by atoms with Gasteiger partial charge in [-0.15, -0.1) is 0 Å². The number of carbonyl (C=O) groups excluding carboxylic acids is 1. The van der Waals surface area contributed by atoms with Crippen LogP contribution < -0.4 is 0 Å². The molecule has 1 aliphatic carbocycles. The van der Waals surface area contributed by atoms with E-state index < -0.39 is 0 Å². The Hall–Kier alpha value is -0.350. The molecule has 0 aromatic carbocycles. The molecule has 1 amide bonds. The Bertz CT molecular complexity index is 399. The summed E-state index contributed by atoms with van der Waals surface area (Å²) in [6.07, 6.45) is 2.10. The summed E-state index contributed by atoms with van der Waals surface area (Å²) in [5.74, 6) is 0.116. The zero-order valence-corrected chi connectivity index (χ0v) is 15.3. The van der Waals surface area contributed by atoms with Gasteiger partial charge in [-0.3, -0.25) is 4.79 Å². The Morgan fingerprint density at radius 1 is 1.35 bits per heavy atom. The van der Waals surface area contributed by atoms with Crippen LogP contribution in [0.25, 0.3) is 0 Å². The van der Waals surface area contributed by atoms with Crippen molar-refractivity contribution in [1.29, 1.82) is 0 Å². The molecule has 0 unspecified atom stereocenters. The van der Waals surface area contributed by atoms with Crippen molar-refractivity contribution in [1.82, 2.24) is 4.90 Å². The van der Waals surface area contributed by atoms with Crippen LogP contribution in [0.3, 0.4) is 0 Å². The van der Waals surface area contributed by atoms with E-state index in [-0.39, 0.29) is 16.7 Å². The Morgan fingerprint density at radius 3 is 2.45 bits per heavy atom. The number of amides is 1. The van der Waals surface area contributed by atoms with Crippen molar-refractivity contribution in [3.8, 4) is 0 Å². The maximum atomic E-state index is 12.3. The molecule has 0 saturated heterocycles. The minimum atomic E-state index is 0.116. The third-order valence-electron chi connectivity index (χ3n) is 4.27. The van der Waals surface area contributed by atoms with E-state index in [2.05, 4.69) is 50.5 Å². The van der Waals surface area contributed by atoms with E-state index in [1.807, 2.05) is 4.90 Å². The topological polar surface area (TPSA) is 29.5 Å². The predicted octanol–water partition coefficient (Wildman–Crippen LogP) is 3.98. The fraction of sp³-hybridized carbons (Fsp3) is 0.812. The van der Waals surface area contributed by atoms with Crippen LogP contribution in [0, 0.1) is 10.8 Å². The van der Waals surface area contributed by atoms with Crippen molar-refractivity contribution in [3.63, 3.8) is 0 Å². The van der Waals surface area contributed by atoms with Crippen LogP contribution in [-0.4, -0.2) is 36.4 Å². The van der Waals surface area contributed by atoms with Crippen molar-refractivity contribution in [3.05, 3.63) is 11.3 Å². The lowest BCUT2D eigenvalue weighted by Crippen LogP contribution is -2.41. The standard InChI is InChI=1S/C16H28BrNO2/c1-12-13(9-15(2,3)11-16(12,4)5)18(7-8-20-6)14(19)10-17/h7-11H2,1-6H3. The number of ether oxygens (including phenoxy) is 1. The predicted molar refractivity (Wildman–Crippen MR) is 86.9 cm³/mol. The highest BCUT2D eigenvalue weighted by atomic mass is 79.9. The van der Waals surface area contributed by atoms with Crippen molar-refractivity contribution in [2.45, 2.75) is 47.5 Å². The fourth-order valence-corrected chi connectivity index (χ4v) is 3.63. The second-order valence-corrected chi connectivity index (χ2v) is 7.71. The van der Waals surface area contributed by atoms with Crippen molar-refractivity contribution < 1.29 is 9.53 Å². The normalized spacial score (nSPS) is 20.9. The average Bonchev–Trinajstić information content (AvgIpc) is 2.33. The summed E-state index contributed by atoms with van der Waals surface area (Å²) in [5, 5.41) is 0.356. The minimum Gasteiger partial charge on any atom is -0.383 e. The van der Waals surface area contributed by atoms with E-state index in [0.29, 0.717) is 18.5 Å². The number of allylic oxidation sites excluding steroid dienone is 2. The molecule has 0 saturated carbocycles. The van der Waals surface area contributed by atoms with E-state index in [1.54, 1.807) is 7.11 Å². The van der Waals surface area contributed by atoms with Gasteiger partial charge >= 0.3 is 0 Å². The molecule has 0 aromatic heterocycles. The first-order chi connectivity index (χ1) is 9.14. The van der Waals surface area contributed by atoms with Crippen molar-refractivity contribution in [2.24, 2.45) is 10.8 Å². The van der Waals surface area contributed by atoms with Gasteiger partial charge in [0, 0.05) is 19.4 Å². The lowest BCUT2D eigenvalue weighted by Gasteiger charge is -2.45. The SMILES string of the molecule is COCCN(C(=O)CBr)C1=C(C)C(C)(C)CC(C)(C)C1. The Labute approximate surface area is 131 Å². The molecule has 4 heteroatoms. The van der Waals surface area contributed by atoms with Gasteiger partial charge in [0.2, 0.25) is 5.91 Å². The molecule has 116 valence electrons. The molecule has 0 bridgehead atoms. The number of rotatable bonds is 5. The van der Waals surface area contributed by atoms with Crippen LogP contribution in [-0.2, 0) is 9.53 Å². The molecule has 0 atom stereocenters. The molecule has 0 fully saturated rings. The number of halogens is 1. The molecular formula is C16H28BrNO2. The molecule has 1 rings (SSSR count). The van der Waals surface area contributed by atoms with Crippen LogP contribution in [0.4, 0.5) is 0 Å². The van der Waals surface area contributed by atoms with Crippen LogP contribution in [0.1, 0.15) is 47.5 Å². The molecule has 0 radical (unpaired) electrons. The van der Waals surface area contributed by atoms with Gasteiger partial charge in [-0.05, 0) is 36.2 Å². The van der Waals surface area contributed by atoms with E-state index in [1.165, 1.54) is 11.3 Å². The molecule has 3 nitrogen and oxygen atoms in total. The largest absolute Gasteiger partial charge is 0.383 e. The summed E-state index contributed by atoms with van der Waals surface area (Å²) in [4.78, 5) is 14.2. The first kappa shape index (κ1) is 17.7. The highest BCUT2D eigenvalue weighted by Crippen LogP contribution is 2.49. The monoisotopic (exact) mass is 345 g/mol. The maximum Gasteiger partial charge on any atom is 0.237 e. The third-order valence-corrected chi connectivity index (χ3v) is 4.75. The summed E-state index contributed by atoms with van der Waals surface area (Å²) in [5.41, 5.74) is 2.88. The quantitative estimate of drug-likeness (QED) is 0.705. The number of hydrogen-bond donors (Lipinski definition) is 0. The number of nitrogens with zero attached hydrogens (tertiary/aromatic N) is 1. The lowest BCUT2D eigenvalue weighted by molar-refractivity contribution is -0.127. The van der Waals surface area contributed by atoms with Crippen molar-refractivity contribution in [2.75, 3.05) is 25.6 Å². The Morgan fingerprint density at radius 2 is 1.95 bits per heavy atom. The summed E-state index contributed by atoms with van der Waals surface area (Å²) in [7, 11) is 1.67. The Balaban J connectivity index is 3.18. The van der Waals surface area contributed by atoms with Gasteiger partial charge < -0.3 is 9.64 Å². The maximum absolute atomic E-state index is 12.3. The summed E-state index contributed by atoms with van der Waals surface area (Å²) in [6, 6.07) is 0.